The quantitative estimate of drug-likeness (QED) is 0.650. The van der Waals surface area contributed by atoms with Gasteiger partial charge < -0.3 is 11.1 Å². The van der Waals surface area contributed by atoms with E-state index in [1.807, 2.05) is 6.07 Å². The maximum absolute atomic E-state index is 12.3. The van der Waals surface area contributed by atoms with Gasteiger partial charge in [-0.2, -0.15) is 5.26 Å². The minimum Gasteiger partial charge on any atom is -0.325 e. The average Bonchev–Trinajstić information content (AvgIpc) is 2.37. The molecule has 21 heavy (non-hydrogen) atoms. The van der Waals surface area contributed by atoms with Crippen LogP contribution >= 0.6 is 0 Å². The van der Waals surface area contributed by atoms with Crippen LogP contribution in [0.3, 0.4) is 0 Å². The first-order valence-electron chi connectivity index (χ1n) is 6.29. The number of nitrogens with two attached hydrogens (primary N) is 1. The van der Waals surface area contributed by atoms with E-state index < -0.39 is 21.8 Å². The number of nitrogens with one attached hydrogen (secondary N) is 1. The molecule has 0 aromatic heterocycles. The third kappa shape index (κ3) is 3.35. The summed E-state index contributed by atoms with van der Waals surface area (Å²) in [6, 6.07) is 5.69. The molecule has 0 aliphatic carbocycles. The lowest BCUT2D eigenvalue weighted by Crippen LogP contribution is -2.53. The number of carbonyl (C=O) groups is 1. The first-order chi connectivity index (χ1) is 9.50. The van der Waals surface area contributed by atoms with Gasteiger partial charge in [-0.1, -0.05) is 0 Å². The molecule has 0 radical (unpaired) electrons. The standard InChI is InChI=1S/C14H18N4O3/c1-13(2,14(3,4)16)12(19)17-10-6-5-9(8-15)7-11(10)18(20)21/h5-7H,16H2,1-4H3,(H,17,19). The molecule has 7 nitrogen and oxygen atoms in total. The molecule has 1 aromatic rings. The van der Waals surface area contributed by atoms with Gasteiger partial charge in [-0.3, -0.25) is 14.9 Å². The Morgan fingerprint density at radius 1 is 1.38 bits per heavy atom. The van der Waals surface area contributed by atoms with Gasteiger partial charge in [0, 0.05) is 11.6 Å². The van der Waals surface area contributed by atoms with Crippen molar-refractivity contribution in [2.45, 2.75) is 33.2 Å². The maximum atomic E-state index is 12.3. The second kappa shape index (κ2) is 5.50. The third-order valence-corrected chi connectivity index (χ3v) is 3.75. The van der Waals surface area contributed by atoms with Crippen LogP contribution in [0.4, 0.5) is 11.4 Å². The van der Waals surface area contributed by atoms with Crippen LogP contribution < -0.4 is 11.1 Å². The first-order valence-corrected chi connectivity index (χ1v) is 6.29. The van der Waals surface area contributed by atoms with Crippen molar-refractivity contribution < 1.29 is 9.72 Å². The number of rotatable bonds is 4. The molecule has 0 heterocycles. The molecular formula is C14H18N4O3. The first kappa shape index (κ1) is 16.6. The van der Waals surface area contributed by atoms with E-state index in [0.29, 0.717) is 0 Å². The summed E-state index contributed by atoms with van der Waals surface area (Å²) in [5.41, 5.74) is 4.10. The Labute approximate surface area is 122 Å². The molecule has 0 atom stereocenters. The number of benzene rings is 1. The highest BCUT2D eigenvalue weighted by Crippen LogP contribution is 2.32. The number of hydrogen-bond acceptors (Lipinski definition) is 5. The van der Waals surface area contributed by atoms with Crippen LogP contribution in [-0.4, -0.2) is 16.4 Å². The van der Waals surface area contributed by atoms with E-state index in [4.69, 9.17) is 11.0 Å². The number of carbonyl (C=O) groups excluding carboxylic acids is 1. The summed E-state index contributed by atoms with van der Waals surface area (Å²) in [6.45, 7) is 6.75. The van der Waals surface area contributed by atoms with E-state index in [0.717, 1.165) is 6.07 Å². The van der Waals surface area contributed by atoms with Gasteiger partial charge in [-0.15, -0.1) is 0 Å². The van der Waals surface area contributed by atoms with E-state index in [9.17, 15) is 14.9 Å². The molecule has 0 aliphatic heterocycles. The molecule has 1 rings (SSSR count). The Morgan fingerprint density at radius 3 is 2.38 bits per heavy atom. The molecule has 0 bridgehead atoms. The van der Waals surface area contributed by atoms with Gasteiger partial charge >= 0.3 is 0 Å². The highest BCUT2D eigenvalue weighted by molar-refractivity contribution is 5.97. The summed E-state index contributed by atoms with van der Waals surface area (Å²) in [6.07, 6.45) is 0. The topological polar surface area (TPSA) is 122 Å². The predicted octanol–water partition coefficient (Wildman–Crippen LogP) is 2.17. The Bertz CT molecular complexity index is 624. The van der Waals surface area contributed by atoms with Gasteiger partial charge in [0.05, 0.1) is 22.0 Å². The largest absolute Gasteiger partial charge is 0.325 e. The lowest BCUT2D eigenvalue weighted by Gasteiger charge is -2.36. The summed E-state index contributed by atoms with van der Waals surface area (Å²) < 4.78 is 0. The van der Waals surface area contributed by atoms with Gasteiger partial charge in [-0.05, 0) is 39.8 Å². The van der Waals surface area contributed by atoms with Crippen LogP contribution in [0.5, 0.6) is 0 Å². The van der Waals surface area contributed by atoms with Gasteiger partial charge in [-0.25, -0.2) is 0 Å². The van der Waals surface area contributed by atoms with Crippen LogP contribution in [0.15, 0.2) is 18.2 Å². The molecular weight excluding hydrogens is 272 g/mol. The normalized spacial score (nSPS) is 11.6. The number of nitrogens with zero attached hydrogens (tertiary/aromatic N) is 2. The zero-order valence-corrected chi connectivity index (χ0v) is 12.4. The van der Waals surface area contributed by atoms with E-state index in [-0.39, 0.29) is 16.9 Å². The Kier molecular flexibility index (Phi) is 4.35. The second-order valence-electron chi connectivity index (χ2n) is 5.90. The maximum Gasteiger partial charge on any atom is 0.294 e. The monoisotopic (exact) mass is 290 g/mol. The van der Waals surface area contributed by atoms with Crippen molar-refractivity contribution in [1.29, 1.82) is 5.26 Å². The fourth-order valence-electron chi connectivity index (χ4n) is 1.43. The van der Waals surface area contributed by atoms with Crippen LogP contribution in [-0.2, 0) is 4.79 Å². The van der Waals surface area contributed by atoms with Crippen LogP contribution in [0.2, 0.25) is 0 Å². The summed E-state index contributed by atoms with van der Waals surface area (Å²) in [5.74, 6) is -0.428. The number of nitro benzene ring substituents is 1. The zero-order chi connectivity index (χ0) is 16.4. The van der Waals surface area contributed by atoms with Gasteiger partial charge in [0.25, 0.3) is 5.69 Å². The minimum absolute atomic E-state index is 0.0429. The molecule has 0 spiro atoms. The van der Waals surface area contributed by atoms with Gasteiger partial charge in [0.1, 0.15) is 5.69 Å². The highest BCUT2D eigenvalue weighted by Gasteiger charge is 2.41. The van der Waals surface area contributed by atoms with Crippen molar-refractivity contribution >= 4 is 17.3 Å². The van der Waals surface area contributed by atoms with E-state index in [1.54, 1.807) is 27.7 Å². The molecule has 0 fully saturated rings. The predicted molar refractivity (Wildman–Crippen MR) is 78.5 cm³/mol. The molecule has 1 amide bonds. The van der Waals surface area contributed by atoms with Crippen LogP contribution in [0.25, 0.3) is 0 Å². The Morgan fingerprint density at radius 2 is 1.95 bits per heavy atom. The molecule has 112 valence electrons. The zero-order valence-electron chi connectivity index (χ0n) is 12.4. The van der Waals surface area contributed by atoms with E-state index >= 15 is 0 Å². The number of nitriles is 1. The molecule has 7 heteroatoms. The van der Waals surface area contributed by atoms with Crippen LogP contribution in [0, 0.1) is 26.9 Å². The fraction of sp³-hybridized carbons (Fsp3) is 0.429. The van der Waals surface area contributed by atoms with Crippen molar-refractivity contribution in [3.05, 3.63) is 33.9 Å². The molecule has 1 aromatic carbocycles. The fourth-order valence-corrected chi connectivity index (χ4v) is 1.43. The van der Waals surface area contributed by atoms with E-state index in [2.05, 4.69) is 5.32 Å². The summed E-state index contributed by atoms with van der Waals surface area (Å²) in [4.78, 5) is 22.7. The lowest BCUT2D eigenvalue weighted by molar-refractivity contribution is -0.384. The van der Waals surface area contributed by atoms with Gasteiger partial charge in [0.15, 0.2) is 0 Å². The molecule has 0 saturated heterocycles. The van der Waals surface area contributed by atoms with E-state index in [1.165, 1.54) is 12.1 Å². The Hall–Kier alpha value is -2.46. The minimum atomic E-state index is -0.936. The van der Waals surface area contributed by atoms with Crippen molar-refractivity contribution in [1.82, 2.24) is 0 Å². The summed E-state index contributed by atoms with van der Waals surface area (Å²) in [5, 5.41) is 22.3. The number of anilines is 1. The lowest BCUT2D eigenvalue weighted by atomic mass is 9.74. The van der Waals surface area contributed by atoms with Crippen molar-refractivity contribution in [3.63, 3.8) is 0 Å². The van der Waals surface area contributed by atoms with Crippen molar-refractivity contribution in [2.24, 2.45) is 11.1 Å². The molecule has 0 aliphatic rings. The summed E-state index contributed by atoms with van der Waals surface area (Å²) >= 11 is 0. The van der Waals surface area contributed by atoms with Crippen molar-refractivity contribution in [2.75, 3.05) is 5.32 Å². The number of amides is 1. The number of nitro groups is 1. The van der Waals surface area contributed by atoms with Crippen LogP contribution in [0.1, 0.15) is 33.3 Å². The second-order valence-corrected chi connectivity index (χ2v) is 5.90. The highest BCUT2D eigenvalue weighted by atomic mass is 16.6. The SMILES string of the molecule is CC(C)(N)C(C)(C)C(=O)Nc1ccc(C#N)cc1[N+](=O)[O-]. The summed E-state index contributed by atoms with van der Waals surface area (Å²) in [7, 11) is 0. The molecule has 3 N–H and O–H groups in total. The average molecular weight is 290 g/mol. The Balaban J connectivity index is 3.18. The third-order valence-electron chi connectivity index (χ3n) is 3.75. The number of hydrogen-bond donors (Lipinski definition) is 2. The smallest absolute Gasteiger partial charge is 0.294 e. The van der Waals surface area contributed by atoms with Gasteiger partial charge in [0.2, 0.25) is 5.91 Å². The van der Waals surface area contributed by atoms with Crippen molar-refractivity contribution in [3.8, 4) is 6.07 Å². The molecule has 0 saturated carbocycles. The molecule has 0 unspecified atom stereocenters.